The van der Waals surface area contributed by atoms with E-state index in [0.29, 0.717) is 24.1 Å². The fourth-order valence-electron chi connectivity index (χ4n) is 2.04. The molecule has 19 heavy (non-hydrogen) atoms. The van der Waals surface area contributed by atoms with Gasteiger partial charge in [0.15, 0.2) is 0 Å². The highest BCUT2D eigenvalue weighted by molar-refractivity contribution is 5.59. The van der Waals surface area contributed by atoms with E-state index in [1.54, 1.807) is 11.6 Å². The molecule has 1 aromatic heterocycles. The van der Waals surface area contributed by atoms with E-state index in [-0.39, 0.29) is 16.7 Å². The Balaban J connectivity index is 2.07. The van der Waals surface area contributed by atoms with Crippen LogP contribution in [0, 0.1) is 17.0 Å². The van der Waals surface area contributed by atoms with Gasteiger partial charge in [0.25, 0.3) is 0 Å². The maximum Gasteiger partial charge on any atom is 0.333 e. The third kappa shape index (κ3) is 3.23. The summed E-state index contributed by atoms with van der Waals surface area (Å²) in [6.07, 6.45) is 2.48. The number of hydrogen-bond donors (Lipinski definition) is 2. The van der Waals surface area contributed by atoms with Crippen molar-refractivity contribution in [1.29, 1.82) is 0 Å². The van der Waals surface area contributed by atoms with Gasteiger partial charge in [-0.25, -0.2) is 4.68 Å². The van der Waals surface area contributed by atoms with Crippen LogP contribution in [0.15, 0.2) is 0 Å². The van der Waals surface area contributed by atoms with Crippen LogP contribution in [0.4, 0.5) is 11.5 Å². The molecule has 106 valence electrons. The molecule has 0 bridgehead atoms. The van der Waals surface area contributed by atoms with Gasteiger partial charge in [-0.1, -0.05) is 0 Å². The molecule has 0 unspecified atom stereocenters. The Bertz CT molecular complexity index is 465. The summed E-state index contributed by atoms with van der Waals surface area (Å²) in [6, 6.07) is 0.736. The van der Waals surface area contributed by atoms with Gasteiger partial charge in [0.05, 0.1) is 4.92 Å². The van der Waals surface area contributed by atoms with Crippen molar-refractivity contribution in [3.8, 4) is 0 Å². The van der Waals surface area contributed by atoms with Crippen LogP contribution in [0.1, 0.15) is 38.4 Å². The number of aryl methyl sites for hydroxylation is 1. The molecule has 7 nitrogen and oxygen atoms in total. The fourth-order valence-corrected chi connectivity index (χ4v) is 2.04. The molecular weight excluding hydrogens is 246 g/mol. The van der Waals surface area contributed by atoms with Gasteiger partial charge in [-0.05, 0) is 33.6 Å². The third-order valence-electron chi connectivity index (χ3n) is 3.15. The normalized spacial score (nSPS) is 14.9. The van der Waals surface area contributed by atoms with Crippen LogP contribution in [0.5, 0.6) is 0 Å². The van der Waals surface area contributed by atoms with E-state index in [2.05, 4.69) is 15.7 Å². The Morgan fingerprint density at radius 2 is 2.16 bits per heavy atom. The van der Waals surface area contributed by atoms with E-state index in [4.69, 9.17) is 0 Å². The SMILES string of the molecule is Cc1nn(C(C)C)c(NCCNC2CC2)c1[N+](=O)[O-]. The fraction of sp³-hybridized carbons (Fsp3) is 0.750. The van der Waals surface area contributed by atoms with Crippen molar-refractivity contribution in [3.05, 3.63) is 15.8 Å². The van der Waals surface area contributed by atoms with Gasteiger partial charge < -0.3 is 10.6 Å². The summed E-state index contributed by atoms with van der Waals surface area (Å²) < 4.78 is 1.69. The number of rotatable bonds is 7. The number of aromatic nitrogens is 2. The second-order valence-electron chi connectivity index (χ2n) is 5.23. The van der Waals surface area contributed by atoms with Crippen LogP contribution in [-0.4, -0.2) is 33.8 Å². The quantitative estimate of drug-likeness (QED) is 0.447. The van der Waals surface area contributed by atoms with Gasteiger partial charge in [0.2, 0.25) is 5.82 Å². The molecule has 1 saturated carbocycles. The van der Waals surface area contributed by atoms with Crippen LogP contribution in [0.2, 0.25) is 0 Å². The van der Waals surface area contributed by atoms with Crippen LogP contribution >= 0.6 is 0 Å². The van der Waals surface area contributed by atoms with Crippen LogP contribution in [0.3, 0.4) is 0 Å². The molecule has 0 aliphatic heterocycles. The lowest BCUT2D eigenvalue weighted by Crippen LogP contribution is -2.25. The summed E-state index contributed by atoms with van der Waals surface area (Å²) in [4.78, 5) is 10.8. The highest BCUT2D eigenvalue weighted by atomic mass is 16.6. The second kappa shape index (κ2) is 5.56. The van der Waals surface area contributed by atoms with Crippen LogP contribution in [-0.2, 0) is 0 Å². The standard InChI is InChI=1S/C12H21N5O2/c1-8(2)16-12(11(17(18)19)9(3)15-16)14-7-6-13-10-4-5-10/h8,10,13-14H,4-7H2,1-3H3. The first-order valence-corrected chi connectivity index (χ1v) is 6.71. The van der Waals surface area contributed by atoms with Crippen molar-refractivity contribution in [1.82, 2.24) is 15.1 Å². The molecule has 0 radical (unpaired) electrons. The van der Waals surface area contributed by atoms with E-state index in [0.717, 1.165) is 6.54 Å². The molecule has 0 atom stereocenters. The molecule has 0 saturated heterocycles. The number of nitrogens with one attached hydrogen (secondary N) is 2. The smallest absolute Gasteiger partial charge is 0.333 e. The van der Waals surface area contributed by atoms with E-state index in [1.165, 1.54) is 12.8 Å². The second-order valence-corrected chi connectivity index (χ2v) is 5.23. The van der Waals surface area contributed by atoms with Crippen molar-refractivity contribution < 1.29 is 4.92 Å². The Labute approximate surface area is 112 Å². The molecule has 1 aromatic rings. The number of nitro groups is 1. The molecular formula is C12H21N5O2. The zero-order chi connectivity index (χ0) is 14.0. The summed E-state index contributed by atoms with van der Waals surface area (Å²) in [6.45, 7) is 7.07. The molecule has 0 aromatic carbocycles. The lowest BCUT2D eigenvalue weighted by atomic mass is 10.3. The van der Waals surface area contributed by atoms with Gasteiger partial charge >= 0.3 is 5.69 Å². The Morgan fingerprint density at radius 3 is 2.68 bits per heavy atom. The van der Waals surface area contributed by atoms with Crippen molar-refractivity contribution in [2.24, 2.45) is 0 Å². The first-order chi connectivity index (χ1) is 9.00. The summed E-state index contributed by atoms with van der Waals surface area (Å²) in [7, 11) is 0. The van der Waals surface area contributed by atoms with E-state index >= 15 is 0 Å². The summed E-state index contributed by atoms with van der Waals surface area (Å²) in [5.41, 5.74) is 0.538. The van der Waals surface area contributed by atoms with E-state index in [1.807, 2.05) is 13.8 Å². The Morgan fingerprint density at radius 1 is 1.47 bits per heavy atom. The molecule has 0 amide bonds. The molecule has 7 heteroatoms. The number of anilines is 1. The van der Waals surface area contributed by atoms with Crippen LogP contribution < -0.4 is 10.6 Å². The lowest BCUT2D eigenvalue weighted by molar-refractivity contribution is -0.384. The number of nitrogens with zero attached hydrogens (tertiary/aromatic N) is 3. The average Bonchev–Trinajstić information content (AvgIpc) is 3.07. The van der Waals surface area contributed by atoms with Gasteiger partial charge in [-0.2, -0.15) is 5.10 Å². The van der Waals surface area contributed by atoms with Crippen molar-refractivity contribution in [2.75, 3.05) is 18.4 Å². The van der Waals surface area contributed by atoms with Gasteiger partial charge in [-0.3, -0.25) is 10.1 Å². The average molecular weight is 267 g/mol. The zero-order valence-electron chi connectivity index (χ0n) is 11.6. The highest BCUT2D eigenvalue weighted by Gasteiger charge is 2.26. The predicted octanol–water partition coefficient (Wildman–Crippen LogP) is 1.84. The van der Waals surface area contributed by atoms with Gasteiger partial charge in [0.1, 0.15) is 5.69 Å². The minimum absolute atomic E-state index is 0.0834. The van der Waals surface area contributed by atoms with Crippen molar-refractivity contribution in [2.45, 2.75) is 45.7 Å². The Kier molecular flexibility index (Phi) is 4.04. The molecule has 1 aliphatic rings. The lowest BCUT2D eigenvalue weighted by Gasteiger charge is -2.12. The van der Waals surface area contributed by atoms with Crippen molar-refractivity contribution in [3.63, 3.8) is 0 Å². The predicted molar refractivity (Wildman–Crippen MR) is 73.5 cm³/mol. The molecule has 0 spiro atoms. The minimum atomic E-state index is -0.363. The maximum atomic E-state index is 11.1. The molecule has 1 heterocycles. The maximum absolute atomic E-state index is 11.1. The molecule has 1 fully saturated rings. The van der Waals surface area contributed by atoms with Gasteiger partial charge in [0, 0.05) is 25.2 Å². The van der Waals surface area contributed by atoms with E-state index in [9.17, 15) is 10.1 Å². The highest BCUT2D eigenvalue weighted by Crippen LogP contribution is 2.30. The topological polar surface area (TPSA) is 85.0 Å². The first-order valence-electron chi connectivity index (χ1n) is 6.71. The molecule has 2 N–H and O–H groups in total. The first kappa shape index (κ1) is 13.8. The third-order valence-corrected chi connectivity index (χ3v) is 3.15. The largest absolute Gasteiger partial charge is 0.363 e. The summed E-state index contributed by atoms with van der Waals surface area (Å²) in [5.74, 6) is 0.509. The van der Waals surface area contributed by atoms with Gasteiger partial charge in [-0.15, -0.1) is 0 Å². The Hall–Kier alpha value is -1.63. The zero-order valence-corrected chi connectivity index (χ0v) is 11.6. The van der Waals surface area contributed by atoms with Crippen molar-refractivity contribution >= 4 is 11.5 Å². The monoisotopic (exact) mass is 267 g/mol. The summed E-state index contributed by atoms with van der Waals surface area (Å²) in [5, 5.41) is 21.9. The van der Waals surface area contributed by atoms with Crippen LogP contribution in [0.25, 0.3) is 0 Å². The molecule has 2 rings (SSSR count). The summed E-state index contributed by atoms with van der Waals surface area (Å²) >= 11 is 0. The minimum Gasteiger partial charge on any atom is -0.363 e. The molecule has 1 aliphatic carbocycles. The van der Waals surface area contributed by atoms with E-state index < -0.39 is 0 Å². The number of hydrogen-bond acceptors (Lipinski definition) is 5.